The van der Waals surface area contributed by atoms with Crippen molar-refractivity contribution in [2.24, 2.45) is 5.14 Å². The highest BCUT2D eigenvalue weighted by molar-refractivity contribution is 7.89. The van der Waals surface area contributed by atoms with Crippen molar-refractivity contribution < 1.29 is 13.2 Å². The molecule has 0 spiro atoms. The van der Waals surface area contributed by atoms with Crippen molar-refractivity contribution in [3.63, 3.8) is 0 Å². The number of fused-ring (bicyclic) bond motifs is 1. The fraction of sp³-hybridized carbons (Fsp3) is 0.0667. The van der Waals surface area contributed by atoms with Gasteiger partial charge < -0.3 is 5.32 Å². The van der Waals surface area contributed by atoms with Gasteiger partial charge in [-0.05, 0) is 30.3 Å². The number of hydrogen-bond acceptors (Lipinski definition) is 4. The number of primary sulfonamides is 1. The van der Waals surface area contributed by atoms with Crippen LogP contribution in [0.3, 0.4) is 0 Å². The van der Waals surface area contributed by atoms with Crippen molar-refractivity contribution in [1.29, 1.82) is 0 Å². The Hall–Kier alpha value is -2.71. The molecule has 0 fully saturated rings. The molecule has 4 N–H and O–H groups in total. The third-order valence-corrected chi connectivity index (χ3v) is 4.23. The van der Waals surface area contributed by atoms with Gasteiger partial charge in [-0.25, -0.2) is 13.6 Å². The molecule has 7 nitrogen and oxygen atoms in total. The fourth-order valence-corrected chi connectivity index (χ4v) is 2.89. The van der Waals surface area contributed by atoms with Gasteiger partial charge in [-0.15, -0.1) is 0 Å². The molecule has 2 aromatic carbocycles. The maximum Gasteiger partial charge on any atom is 0.238 e. The molecule has 1 amide bonds. The SMILES string of the molecule is CC(=O)Nc1ccc2[nH]nc(-c3cccc(S(N)(=O)=O)c3)c2c1. The molecule has 3 aromatic rings. The molecule has 0 unspecified atom stereocenters. The Kier molecular flexibility index (Phi) is 3.63. The molecule has 118 valence electrons. The van der Waals surface area contributed by atoms with Crippen molar-refractivity contribution in [3.05, 3.63) is 42.5 Å². The molecule has 0 bridgehead atoms. The summed E-state index contributed by atoms with van der Waals surface area (Å²) in [5.41, 5.74) is 2.60. The number of nitrogens with two attached hydrogens (primary N) is 1. The van der Waals surface area contributed by atoms with E-state index in [4.69, 9.17) is 5.14 Å². The smallest absolute Gasteiger partial charge is 0.238 e. The number of rotatable bonds is 3. The van der Waals surface area contributed by atoms with Crippen LogP contribution in [-0.2, 0) is 14.8 Å². The Morgan fingerprint density at radius 2 is 2.00 bits per heavy atom. The van der Waals surface area contributed by atoms with Gasteiger partial charge in [-0.1, -0.05) is 12.1 Å². The number of carbonyl (C=O) groups excluding carboxylic acids is 1. The number of nitrogens with one attached hydrogen (secondary N) is 2. The van der Waals surface area contributed by atoms with E-state index in [0.717, 1.165) is 10.9 Å². The summed E-state index contributed by atoms with van der Waals surface area (Å²) in [5.74, 6) is -0.175. The van der Waals surface area contributed by atoms with Crippen LogP contribution in [-0.4, -0.2) is 24.5 Å². The number of aromatic nitrogens is 2. The summed E-state index contributed by atoms with van der Waals surface area (Å²) < 4.78 is 23.0. The van der Waals surface area contributed by atoms with Crippen LogP contribution >= 0.6 is 0 Å². The molecule has 0 aliphatic carbocycles. The van der Waals surface area contributed by atoms with Gasteiger partial charge in [0.15, 0.2) is 0 Å². The molecule has 0 atom stereocenters. The molecule has 0 saturated heterocycles. The average Bonchev–Trinajstić information content (AvgIpc) is 2.89. The van der Waals surface area contributed by atoms with Crippen LogP contribution in [0.15, 0.2) is 47.4 Å². The monoisotopic (exact) mass is 330 g/mol. The number of benzene rings is 2. The van der Waals surface area contributed by atoms with E-state index in [1.165, 1.54) is 19.1 Å². The van der Waals surface area contributed by atoms with Gasteiger partial charge in [-0.3, -0.25) is 9.89 Å². The summed E-state index contributed by atoms with van der Waals surface area (Å²) in [5, 5.41) is 15.8. The van der Waals surface area contributed by atoms with Gasteiger partial charge in [0.05, 0.1) is 10.4 Å². The molecular weight excluding hydrogens is 316 g/mol. The average molecular weight is 330 g/mol. The van der Waals surface area contributed by atoms with Crippen LogP contribution in [0.4, 0.5) is 5.69 Å². The van der Waals surface area contributed by atoms with E-state index >= 15 is 0 Å². The summed E-state index contributed by atoms with van der Waals surface area (Å²) in [7, 11) is -3.79. The van der Waals surface area contributed by atoms with Gasteiger partial charge in [0.25, 0.3) is 0 Å². The van der Waals surface area contributed by atoms with Crippen LogP contribution in [0.25, 0.3) is 22.2 Å². The van der Waals surface area contributed by atoms with Gasteiger partial charge in [0.2, 0.25) is 15.9 Å². The van der Waals surface area contributed by atoms with Gasteiger partial charge in [0, 0.05) is 23.6 Å². The van der Waals surface area contributed by atoms with Gasteiger partial charge in [-0.2, -0.15) is 5.10 Å². The molecule has 0 saturated carbocycles. The van der Waals surface area contributed by atoms with Crippen molar-refractivity contribution in [2.75, 3.05) is 5.32 Å². The van der Waals surface area contributed by atoms with Crippen molar-refractivity contribution in [1.82, 2.24) is 10.2 Å². The van der Waals surface area contributed by atoms with Crippen LogP contribution in [0.2, 0.25) is 0 Å². The molecule has 0 radical (unpaired) electrons. The first-order chi connectivity index (χ1) is 10.8. The van der Waals surface area contributed by atoms with Crippen molar-refractivity contribution in [2.45, 2.75) is 11.8 Å². The zero-order valence-corrected chi connectivity index (χ0v) is 13.0. The zero-order valence-electron chi connectivity index (χ0n) is 12.2. The molecular formula is C15H14N4O3S. The van der Waals surface area contributed by atoms with E-state index in [1.54, 1.807) is 30.3 Å². The summed E-state index contributed by atoms with van der Waals surface area (Å²) in [6.07, 6.45) is 0. The van der Waals surface area contributed by atoms with E-state index in [-0.39, 0.29) is 10.8 Å². The molecule has 1 heterocycles. The Balaban J connectivity index is 2.15. The summed E-state index contributed by atoms with van der Waals surface area (Å²) >= 11 is 0. The van der Waals surface area contributed by atoms with Crippen LogP contribution in [0, 0.1) is 0 Å². The predicted molar refractivity (Wildman–Crippen MR) is 87.2 cm³/mol. The Morgan fingerprint density at radius 1 is 1.22 bits per heavy atom. The second-order valence-electron chi connectivity index (χ2n) is 5.09. The highest BCUT2D eigenvalue weighted by Gasteiger charge is 2.13. The highest BCUT2D eigenvalue weighted by Crippen LogP contribution is 2.29. The highest BCUT2D eigenvalue weighted by atomic mass is 32.2. The first-order valence-electron chi connectivity index (χ1n) is 6.73. The van der Waals surface area contributed by atoms with E-state index in [2.05, 4.69) is 15.5 Å². The van der Waals surface area contributed by atoms with Gasteiger partial charge in [0.1, 0.15) is 5.69 Å². The maximum absolute atomic E-state index is 11.5. The largest absolute Gasteiger partial charge is 0.326 e. The van der Waals surface area contributed by atoms with Crippen molar-refractivity contribution >= 4 is 32.5 Å². The number of anilines is 1. The minimum Gasteiger partial charge on any atom is -0.326 e. The lowest BCUT2D eigenvalue weighted by Crippen LogP contribution is -2.11. The third kappa shape index (κ3) is 3.08. The van der Waals surface area contributed by atoms with E-state index in [1.807, 2.05) is 0 Å². The number of carbonyl (C=O) groups is 1. The predicted octanol–water partition coefficient (Wildman–Crippen LogP) is 1.84. The summed E-state index contributed by atoms with van der Waals surface area (Å²) in [6.45, 7) is 1.43. The van der Waals surface area contributed by atoms with Crippen LogP contribution < -0.4 is 10.5 Å². The fourth-order valence-electron chi connectivity index (χ4n) is 2.34. The summed E-state index contributed by atoms with van der Waals surface area (Å²) in [4.78, 5) is 11.2. The van der Waals surface area contributed by atoms with Crippen LogP contribution in [0.1, 0.15) is 6.92 Å². The number of H-pyrrole nitrogens is 1. The normalized spacial score (nSPS) is 11.6. The number of sulfonamides is 1. The molecule has 0 aliphatic rings. The number of hydrogen-bond donors (Lipinski definition) is 3. The van der Waals surface area contributed by atoms with E-state index in [9.17, 15) is 13.2 Å². The number of nitrogens with zero attached hydrogens (tertiary/aromatic N) is 1. The minimum atomic E-state index is -3.79. The second kappa shape index (κ2) is 5.49. The molecule has 1 aromatic heterocycles. The third-order valence-electron chi connectivity index (χ3n) is 3.32. The quantitative estimate of drug-likeness (QED) is 0.679. The molecule has 3 rings (SSSR count). The lowest BCUT2D eigenvalue weighted by atomic mass is 10.1. The van der Waals surface area contributed by atoms with Crippen molar-refractivity contribution in [3.8, 4) is 11.3 Å². The molecule has 23 heavy (non-hydrogen) atoms. The number of amides is 1. The first-order valence-corrected chi connectivity index (χ1v) is 8.28. The minimum absolute atomic E-state index is 0.0177. The molecule has 8 heteroatoms. The van der Waals surface area contributed by atoms with E-state index < -0.39 is 10.0 Å². The summed E-state index contributed by atoms with van der Waals surface area (Å²) in [6, 6.07) is 11.6. The lowest BCUT2D eigenvalue weighted by molar-refractivity contribution is -0.114. The van der Waals surface area contributed by atoms with Gasteiger partial charge >= 0.3 is 0 Å². The first kappa shape index (κ1) is 15.2. The zero-order chi connectivity index (χ0) is 16.6. The topological polar surface area (TPSA) is 118 Å². The van der Waals surface area contributed by atoms with Crippen LogP contribution in [0.5, 0.6) is 0 Å². The Bertz CT molecular complexity index is 1010. The standard InChI is InChI=1S/C15H14N4O3S/c1-9(20)17-11-5-6-14-13(8-11)15(19-18-14)10-3-2-4-12(7-10)23(16,21)22/h2-8H,1H3,(H,17,20)(H,18,19)(H2,16,21,22). The second-order valence-corrected chi connectivity index (χ2v) is 6.65. The van der Waals surface area contributed by atoms with E-state index in [0.29, 0.717) is 16.9 Å². The lowest BCUT2D eigenvalue weighted by Gasteiger charge is -2.04. The Morgan fingerprint density at radius 3 is 2.70 bits per heavy atom. The number of aromatic amines is 1. The Labute approximate surface area is 132 Å². The maximum atomic E-state index is 11.5. The molecule has 0 aliphatic heterocycles.